The topological polar surface area (TPSA) is 41.5 Å². The molecule has 0 radical (unpaired) electrons. The van der Waals surface area contributed by atoms with Crippen molar-refractivity contribution in [1.29, 1.82) is 0 Å². The highest BCUT2D eigenvalue weighted by molar-refractivity contribution is 5.01. The molecule has 0 bridgehead atoms. The molecular weight excluding hydrogens is 202 g/mol. The normalized spacial score (nSPS) is 28.3. The molecule has 96 valence electrons. The molecule has 0 saturated carbocycles. The highest BCUT2D eigenvalue weighted by Gasteiger charge is 2.47. The van der Waals surface area contributed by atoms with Crippen LogP contribution in [0.15, 0.2) is 0 Å². The van der Waals surface area contributed by atoms with Crippen molar-refractivity contribution in [2.24, 2.45) is 0 Å². The second-order valence-corrected chi connectivity index (χ2v) is 6.72. The molecule has 2 N–H and O–H groups in total. The van der Waals surface area contributed by atoms with Crippen molar-refractivity contribution in [3.63, 3.8) is 0 Å². The average molecular weight is 229 g/mol. The third kappa shape index (κ3) is 3.44. The molecule has 0 amide bonds. The minimum atomic E-state index is -0.143. The minimum Gasteiger partial charge on any atom is -0.396 e. The van der Waals surface area contributed by atoms with Gasteiger partial charge in [0, 0.05) is 18.2 Å². The SMILES string of the molecule is CC(C)(CCO)NC1CC(C)(C)OC1(C)C. The van der Waals surface area contributed by atoms with E-state index in [0.717, 1.165) is 12.8 Å². The largest absolute Gasteiger partial charge is 0.396 e. The summed E-state index contributed by atoms with van der Waals surface area (Å²) in [5.74, 6) is 0. The fraction of sp³-hybridized carbons (Fsp3) is 1.00. The van der Waals surface area contributed by atoms with E-state index in [-0.39, 0.29) is 23.3 Å². The summed E-state index contributed by atoms with van der Waals surface area (Å²) in [7, 11) is 0. The van der Waals surface area contributed by atoms with Gasteiger partial charge in [-0.15, -0.1) is 0 Å². The van der Waals surface area contributed by atoms with Gasteiger partial charge in [0.2, 0.25) is 0 Å². The number of aliphatic hydroxyl groups excluding tert-OH is 1. The summed E-state index contributed by atoms with van der Waals surface area (Å²) < 4.78 is 6.05. The van der Waals surface area contributed by atoms with Crippen molar-refractivity contribution in [3.8, 4) is 0 Å². The highest BCUT2D eigenvalue weighted by atomic mass is 16.5. The summed E-state index contributed by atoms with van der Waals surface area (Å²) in [5.41, 5.74) is -0.243. The van der Waals surface area contributed by atoms with Crippen LogP contribution in [0.4, 0.5) is 0 Å². The van der Waals surface area contributed by atoms with Gasteiger partial charge >= 0.3 is 0 Å². The van der Waals surface area contributed by atoms with Crippen LogP contribution in [0.2, 0.25) is 0 Å². The minimum absolute atomic E-state index is 0.0412. The Morgan fingerprint density at radius 3 is 2.25 bits per heavy atom. The Bertz CT molecular complexity index is 246. The van der Waals surface area contributed by atoms with Gasteiger partial charge in [-0.05, 0) is 54.4 Å². The van der Waals surface area contributed by atoms with Gasteiger partial charge in [-0.25, -0.2) is 0 Å². The second kappa shape index (κ2) is 4.28. The smallest absolute Gasteiger partial charge is 0.0787 e. The van der Waals surface area contributed by atoms with Gasteiger partial charge in [0.05, 0.1) is 11.2 Å². The van der Waals surface area contributed by atoms with E-state index in [2.05, 4.69) is 46.9 Å². The second-order valence-electron chi connectivity index (χ2n) is 6.72. The number of rotatable bonds is 4. The van der Waals surface area contributed by atoms with Crippen LogP contribution in [0, 0.1) is 0 Å². The monoisotopic (exact) mass is 229 g/mol. The zero-order valence-electron chi connectivity index (χ0n) is 11.6. The quantitative estimate of drug-likeness (QED) is 0.775. The predicted octanol–water partition coefficient (Wildman–Crippen LogP) is 2.08. The molecule has 1 aliphatic heterocycles. The number of hydrogen-bond acceptors (Lipinski definition) is 3. The Morgan fingerprint density at radius 1 is 1.31 bits per heavy atom. The number of nitrogens with one attached hydrogen (secondary N) is 1. The lowest BCUT2D eigenvalue weighted by atomic mass is 9.90. The molecule has 0 aromatic heterocycles. The van der Waals surface area contributed by atoms with Crippen molar-refractivity contribution in [3.05, 3.63) is 0 Å². The van der Waals surface area contributed by atoms with Crippen LogP contribution in [-0.4, -0.2) is 34.5 Å². The van der Waals surface area contributed by atoms with Crippen LogP contribution >= 0.6 is 0 Å². The molecule has 1 unspecified atom stereocenters. The maximum atomic E-state index is 9.04. The van der Waals surface area contributed by atoms with E-state index < -0.39 is 0 Å². The van der Waals surface area contributed by atoms with Crippen LogP contribution in [0.1, 0.15) is 54.4 Å². The van der Waals surface area contributed by atoms with Crippen molar-refractivity contribution >= 4 is 0 Å². The van der Waals surface area contributed by atoms with Crippen LogP contribution < -0.4 is 5.32 Å². The first kappa shape index (κ1) is 13.9. The number of aliphatic hydroxyl groups is 1. The van der Waals surface area contributed by atoms with E-state index in [4.69, 9.17) is 9.84 Å². The molecule has 0 aromatic rings. The molecule has 1 atom stereocenters. The highest BCUT2D eigenvalue weighted by Crippen LogP contribution is 2.38. The molecule has 1 aliphatic rings. The van der Waals surface area contributed by atoms with Crippen LogP contribution in [0.3, 0.4) is 0 Å². The zero-order chi connectivity index (χ0) is 12.6. The van der Waals surface area contributed by atoms with E-state index in [1.807, 2.05) is 0 Å². The Balaban J connectivity index is 2.68. The zero-order valence-corrected chi connectivity index (χ0v) is 11.6. The van der Waals surface area contributed by atoms with E-state index in [9.17, 15) is 0 Å². The van der Waals surface area contributed by atoms with Gasteiger partial charge in [0.25, 0.3) is 0 Å². The number of hydrogen-bond donors (Lipinski definition) is 2. The van der Waals surface area contributed by atoms with E-state index in [1.54, 1.807) is 0 Å². The summed E-state index contributed by atoms with van der Waals surface area (Å²) in [6, 6.07) is 0.337. The lowest BCUT2D eigenvalue weighted by molar-refractivity contribution is -0.0716. The summed E-state index contributed by atoms with van der Waals surface area (Å²) in [6.45, 7) is 13.0. The lowest BCUT2D eigenvalue weighted by Crippen LogP contribution is -2.53. The molecule has 0 aliphatic carbocycles. The first-order valence-electron chi connectivity index (χ1n) is 6.17. The van der Waals surface area contributed by atoms with E-state index in [1.165, 1.54) is 0 Å². The first-order valence-corrected chi connectivity index (χ1v) is 6.17. The van der Waals surface area contributed by atoms with E-state index >= 15 is 0 Å². The Hall–Kier alpha value is -0.120. The molecule has 16 heavy (non-hydrogen) atoms. The summed E-state index contributed by atoms with van der Waals surface area (Å²) in [4.78, 5) is 0. The Labute approximate surface area is 99.6 Å². The predicted molar refractivity (Wildman–Crippen MR) is 66.6 cm³/mol. The Kier molecular flexibility index (Phi) is 3.73. The average Bonchev–Trinajstić information content (AvgIpc) is 2.17. The van der Waals surface area contributed by atoms with Gasteiger partial charge in [-0.1, -0.05) is 0 Å². The number of ether oxygens (including phenoxy) is 1. The van der Waals surface area contributed by atoms with Crippen LogP contribution in [0.25, 0.3) is 0 Å². The van der Waals surface area contributed by atoms with Gasteiger partial charge < -0.3 is 15.2 Å². The third-order valence-electron chi connectivity index (χ3n) is 3.38. The van der Waals surface area contributed by atoms with Gasteiger partial charge in [0.1, 0.15) is 0 Å². The molecule has 0 spiro atoms. The molecule has 1 fully saturated rings. The molecule has 1 heterocycles. The molecule has 3 heteroatoms. The first-order chi connectivity index (χ1) is 7.08. The lowest BCUT2D eigenvalue weighted by Gasteiger charge is -2.35. The molecule has 0 aromatic carbocycles. The molecule has 1 saturated heterocycles. The third-order valence-corrected chi connectivity index (χ3v) is 3.38. The molecule has 3 nitrogen and oxygen atoms in total. The summed E-state index contributed by atoms with van der Waals surface area (Å²) >= 11 is 0. The molecule has 1 rings (SSSR count). The maximum absolute atomic E-state index is 9.04. The fourth-order valence-electron chi connectivity index (χ4n) is 2.61. The van der Waals surface area contributed by atoms with Crippen molar-refractivity contribution in [2.45, 2.75) is 77.2 Å². The summed E-state index contributed by atoms with van der Waals surface area (Å²) in [5, 5.41) is 12.7. The van der Waals surface area contributed by atoms with Crippen LogP contribution in [0.5, 0.6) is 0 Å². The van der Waals surface area contributed by atoms with Crippen LogP contribution in [-0.2, 0) is 4.74 Å². The Morgan fingerprint density at radius 2 is 1.88 bits per heavy atom. The van der Waals surface area contributed by atoms with Crippen molar-refractivity contribution in [1.82, 2.24) is 5.32 Å². The van der Waals surface area contributed by atoms with Gasteiger partial charge in [-0.2, -0.15) is 0 Å². The van der Waals surface area contributed by atoms with Crippen molar-refractivity contribution in [2.75, 3.05) is 6.61 Å². The van der Waals surface area contributed by atoms with Gasteiger partial charge in [0.15, 0.2) is 0 Å². The summed E-state index contributed by atoms with van der Waals surface area (Å²) in [6.07, 6.45) is 1.77. The van der Waals surface area contributed by atoms with E-state index in [0.29, 0.717) is 6.04 Å². The fourth-order valence-corrected chi connectivity index (χ4v) is 2.61. The maximum Gasteiger partial charge on any atom is 0.0787 e. The molecular formula is C13H27NO2. The van der Waals surface area contributed by atoms with Crippen molar-refractivity contribution < 1.29 is 9.84 Å². The van der Waals surface area contributed by atoms with Gasteiger partial charge in [-0.3, -0.25) is 0 Å². The standard InChI is InChI=1S/C13H27NO2/c1-11(2,7-8-15)14-10-9-12(3,4)16-13(10,5)6/h10,14-15H,7-9H2,1-6H3.